The zero-order valence-corrected chi connectivity index (χ0v) is 13.3. The van der Waals surface area contributed by atoms with Crippen molar-refractivity contribution in [3.8, 4) is 11.6 Å². The van der Waals surface area contributed by atoms with Crippen molar-refractivity contribution >= 4 is 17.2 Å². The maximum Gasteiger partial charge on any atom is 0.257 e. The highest BCUT2D eigenvalue weighted by molar-refractivity contribution is 7.10. The van der Waals surface area contributed by atoms with Crippen LogP contribution >= 0.6 is 11.3 Å². The molecule has 0 fully saturated rings. The summed E-state index contributed by atoms with van der Waals surface area (Å²) in [6.07, 6.45) is 4.82. The molecule has 0 spiro atoms. The predicted molar refractivity (Wildman–Crippen MR) is 88.8 cm³/mol. The molecule has 0 unspecified atom stereocenters. The Kier molecular flexibility index (Phi) is 4.63. The van der Waals surface area contributed by atoms with Gasteiger partial charge < -0.3 is 10.1 Å². The van der Waals surface area contributed by atoms with Gasteiger partial charge in [0.25, 0.3) is 5.91 Å². The maximum atomic E-state index is 12.4. The smallest absolute Gasteiger partial charge is 0.257 e. The van der Waals surface area contributed by atoms with Gasteiger partial charge in [0.2, 0.25) is 5.88 Å². The molecule has 0 aliphatic heterocycles. The lowest BCUT2D eigenvalue weighted by Gasteiger charge is -2.10. The van der Waals surface area contributed by atoms with Crippen LogP contribution in [0.1, 0.15) is 20.8 Å². The summed E-state index contributed by atoms with van der Waals surface area (Å²) >= 11 is 1.62. The topological polar surface area (TPSA) is 64.1 Å². The monoisotopic (exact) mass is 325 g/mol. The SMILES string of the molecule is Cc1ccsc1CNC(=O)c1cccnc1Oc1cccnc1. The summed E-state index contributed by atoms with van der Waals surface area (Å²) in [7, 11) is 0. The average Bonchev–Trinajstić information content (AvgIpc) is 2.99. The predicted octanol–water partition coefficient (Wildman–Crippen LogP) is 3.57. The van der Waals surface area contributed by atoms with E-state index in [-0.39, 0.29) is 11.8 Å². The zero-order valence-electron chi connectivity index (χ0n) is 12.5. The third-order valence-corrected chi connectivity index (χ3v) is 4.27. The Hall–Kier alpha value is -2.73. The van der Waals surface area contributed by atoms with Crippen LogP contribution in [0.2, 0.25) is 0 Å². The first kappa shape index (κ1) is 15.2. The number of thiophene rings is 1. The molecule has 0 aliphatic carbocycles. The third-order valence-electron chi connectivity index (χ3n) is 3.24. The van der Waals surface area contributed by atoms with Crippen LogP contribution in [-0.4, -0.2) is 15.9 Å². The van der Waals surface area contributed by atoms with Crippen LogP contribution < -0.4 is 10.1 Å². The lowest BCUT2D eigenvalue weighted by atomic mass is 10.2. The van der Waals surface area contributed by atoms with E-state index in [1.165, 1.54) is 5.56 Å². The first-order valence-corrected chi connectivity index (χ1v) is 7.96. The largest absolute Gasteiger partial charge is 0.437 e. The van der Waals surface area contributed by atoms with Crippen molar-refractivity contribution in [1.82, 2.24) is 15.3 Å². The number of rotatable bonds is 5. The average molecular weight is 325 g/mol. The van der Waals surface area contributed by atoms with E-state index in [4.69, 9.17) is 4.74 Å². The number of carbonyl (C=O) groups is 1. The molecule has 0 bridgehead atoms. The fraction of sp³-hybridized carbons (Fsp3) is 0.118. The van der Waals surface area contributed by atoms with Crippen LogP contribution in [0.4, 0.5) is 0 Å². The van der Waals surface area contributed by atoms with Gasteiger partial charge >= 0.3 is 0 Å². The molecule has 0 saturated heterocycles. The highest BCUT2D eigenvalue weighted by Gasteiger charge is 2.14. The van der Waals surface area contributed by atoms with Gasteiger partial charge in [-0.1, -0.05) is 0 Å². The first-order valence-electron chi connectivity index (χ1n) is 7.08. The van der Waals surface area contributed by atoms with E-state index in [9.17, 15) is 4.79 Å². The Labute approximate surface area is 138 Å². The molecule has 1 N–H and O–H groups in total. The van der Waals surface area contributed by atoms with Crippen molar-refractivity contribution in [2.24, 2.45) is 0 Å². The van der Waals surface area contributed by atoms with Crippen molar-refractivity contribution in [3.63, 3.8) is 0 Å². The quantitative estimate of drug-likeness (QED) is 0.779. The lowest BCUT2D eigenvalue weighted by molar-refractivity contribution is 0.0948. The van der Waals surface area contributed by atoms with E-state index in [2.05, 4.69) is 15.3 Å². The minimum absolute atomic E-state index is 0.218. The molecule has 116 valence electrons. The number of nitrogens with zero attached hydrogens (tertiary/aromatic N) is 2. The van der Waals surface area contributed by atoms with Gasteiger partial charge in [0.15, 0.2) is 0 Å². The van der Waals surface area contributed by atoms with Crippen molar-refractivity contribution in [1.29, 1.82) is 0 Å². The van der Waals surface area contributed by atoms with Gasteiger partial charge in [-0.05, 0) is 48.2 Å². The van der Waals surface area contributed by atoms with Gasteiger partial charge in [-0.25, -0.2) is 4.98 Å². The molecule has 3 aromatic heterocycles. The molecule has 23 heavy (non-hydrogen) atoms. The zero-order chi connectivity index (χ0) is 16.1. The number of carbonyl (C=O) groups excluding carboxylic acids is 1. The molecule has 6 heteroatoms. The van der Waals surface area contributed by atoms with Crippen molar-refractivity contribution in [2.75, 3.05) is 0 Å². The molecule has 0 atom stereocenters. The number of hydrogen-bond acceptors (Lipinski definition) is 5. The fourth-order valence-corrected chi connectivity index (χ4v) is 2.85. The highest BCUT2D eigenvalue weighted by Crippen LogP contribution is 2.22. The van der Waals surface area contributed by atoms with Crippen LogP contribution in [0.25, 0.3) is 0 Å². The molecular formula is C17H15N3O2S. The minimum Gasteiger partial charge on any atom is -0.437 e. The summed E-state index contributed by atoms with van der Waals surface area (Å²) in [5.74, 6) is 0.583. The van der Waals surface area contributed by atoms with E-state index >= 15 is 0 Å². The summed E-state index contributed by atoms with van der Waals surface area (Å²) in [6, 6.07) is 8.96. The van der Waals surface area contributed by atoms with Crippen LogP contribution in [0, 0.1) is 6.92 Å². The van der Waals surface area contributed by atoms with Crippen LogP contribution in [0.15, 0.2) is 54.3 Å². The number of aromatic nitrogens is 2. The van der Waals surface area contributed by atoms with E-state index in [1.807, 2.05) is 18.4 Å². The number of pyridine rings is 2. The number of amides is 1. The Morgan fingerprint density at radius 1 is 1.26 bits per heavy atom. The van der Waals surface area contributed by atoms with Crippen LogP contribution in [0.3, 0.4) is 0 Å². The standard InChI is InChI=1S/C17H15N3O2S/c1-12-6-9-23-15(12)11-20-16(21)14-5-3-8-19-17(14)22-13-4-2-7-18-10-13/h2-10H,11H2,1H3,(H,20,21). The molecular weight excluding hydrogens is 310 g/mol. The van der Waals surface area contributed by atoms with Gasteiger partial charge in [-0.3, -0.25) is 9.78 Å². The number of aryl methyl sites for hydroxylation is 1. The molecule has 3 rings (SSSR count). The molecule has 0 radical (unpaired) electrons. The second-order valence-corrected chi connectivity index (χ2v) is 5.86. The Morgan fingerprint density at radius 3 is 2.87 bits per heavy atom. The third kappa shape index (κ3) is 3.73. The summed E-state index contributed by atoms with van der Waals surface area (Å²) < 4.78 is 5.66. The second-order valence-electron chi connectivity index (χ2n) is 4.86. The number of nitrogens with one attached hydrogen (secondary N) is 1. The van der Waals surface area contributed by atoms with E-state index < -0.39 is 0 Å². The second kappa shape index (κ2) is 7.02. The minimum atomic E-state index is -0.218. The molecule has 0 saturated carbocycles. The lowest BCUT2D eigenvalue weighted by Crippen LogP contribution is -2.23. The van der Waals surface area contributed by atoms with Gasteiger partial charge in [0.1, 0.15) is 11.3 Å². The van der Waals surface area contributed by atoms with Gasteiger partial charge in [0.05, 0.1) is 12.7 Å². The summed E-state index contributed by atoms with van der Waals surface area (Å²) in [6.45, 7) is 2.52. The number of hydrogen-bond donors (Lipinski definition) is 1. The van der Waals surface area contributed by atoms with E-state index in [0.29, 0.717) is 17.9 Å². The molecule has 5 nitrogen and oxygen atoms in total. The van der Waals surface area contributed by atoms with E-state index in [0.717, 1.165) is 4.88 Å². The molecule has 0 aliphatic rings. The van der Waals surface area contributed by atoms with Crippen LogP contribution in [-0.2, 0) is 6.54 Å². The number of ether oxygens (including phenoxy) is 1. The molecule has 1 amide bonds. The van der Waals surface area contributed by atoms with Gasteiger partial charge in [-0.15, -0.1) is 11.3 Å². The van der Waals surface area contributed by atoms with Crippen molar-refractivity contribution in [2.45, 2.75) is 13.5 Å². The highest BCUT2D eigenvalue weighted by atomic mass is 32.1. The summed E-state index contributed by atoms with van der Waals surface area (Å²) in [4.78, 5) is 21.7. The van der Waals surface area contributed by atoms with Gasteiger partial charge in [0, 0.05) is 17.3 Å². The Morgan fingerprint density at radius 2 is 2.13 bits per heavy atom. The first-order chi connectivity index (χ1) is 11.2. The van der Waals surface area contributed by atoms with E-state index in [1.54, 1.807) is 54.2 Å². The molecule has 0 aromatic carbocycles. The molecule has 3 aromatic rings. The Balaban J connectivity index is 1.74. The molecule has 3 heterocycles. The normalized spacial score (nSPS) is 10.3. The van der Waals surface area contributed by atoms with Crippen LogP contribution in [0.5, 0.6) is 11.6 Å². The summed E-state index contributed by atoms with van der Waals surface area (Å²) in [5.41, 5.74) is 1.57. The maximum absolute atomic E-state index is 12.4. The summed E-state index contributed by atoms with van der Waals surface area (Å²) in [5, 5.41) is 4.92. The van der Waals surface area contributed by atoms with Gasteiger partial charge in [-0.2, -0.15) is 0 Å². The van der Waals surface area contributed by atoms with Crippen molar-refractivity contribution < 1.29 is 9.53 Å². The fourth-order valence-electron chi connectivity index (χ4n) is 2.01. The Bertz CT molecular complexity index is 802. The van der Waals surface area contributed by atoms with Crippen molar-refractivity contribution in [3.05, 3.63) is 70.3 Å².